The van der Waals surface area contributed by atoms with E-state index in [-0.39, 0.29) is 11.6 Å². The van der Waals surface area contributed by atoms with Crippen LogP contribution in [0.2, 0.25) is 0 Å². The van der Waals surface area contributed by atoms with E-state index in [9.17, 15) is 9.50 Å². The molecule has 0 saturated carbocycles. The molecule has 0 aliphatic rings. The standard InChI is InChI=1S/C21H17FN4O/c22-16-10-6-12-18(19(16)27)25-21-24-17-11-5-4-9-15(17)20(26-21)23-13-14-7-2-1-3-8-14/h1-12,27H,13H2,(H2,23,24,25,26). The normalized spacial score (nSPS) is 10.7. The first kappa shape index (κ1) is 16.8. The molecule has 0 radical (unpaired) electrons. The molecule has 5 nitrogen and oxygen atoms in total. The number of phenols is 1. The Balaban J connectivity index is 1.68. The lowest BCUT2D eigenvalue weighted by Crippen LogP contribution is -2.06. The SMILES string of the molecule is Oc1c(F)cccc1Nc1nc(NCc2ccccc2)c2ccccc2n1. The molecule has 0 aliphatic carbocycles. The molecule has 0 amide bonds. The van der Waals surface area contributed by atoms with Crippen LogP contribution in [0.25, 0.3) is 10.9 Å². The molecule has 0 bridgehead atoms. The zero-order valence-electron chi connectivity index (χ0n) is 14.4. The Kier molecular flexibility index (Phi) is 4.53. The smallest absolute Gasteiger partial charge is 0.229 e. The summed E-state index contributed by atoms with van der Waals surface area (Å²) in [5.74, 6) is -0.246. The summed E-state index contributed by atoms with van der Waals surface area (Å²) in [5.41, 5.74) is 2.07. The van der Waals surface area contributed by atoms with Crippen molar-refractivity contribution < 1.29 is 9.50 Å². The van der Waals surface area contributed by atoms with Crippen molar-refractivity contribution in [3.8, 4) is 5.75 Å². The molecule has 0 fully saturated rings. The van der Waals surface area contributed by atoms with E-state index in [1.165, 1.54) is 12.1 Å². The monoisotopic (exact) mass is 360 g/mol. The highest BCUT2D eigenvalue weighted by Crippen LogP contribution is 2.29. The average Bonchev–Trinajstić information content (AvgIpc) is 2.70. The maximum atomic E-state index is 13.6. The van der Waals surface area contributed by atoms with E-state index in [4.69, 9.17) is 0 Å². The van der Waals surface area contributed by atoms with E-state index in [1.807, 2.05) is 54.6 Å². The number of halogens is 1. The molecule has 0 saturated heterocycles. The molecular weight excluding hydrogens is 343 g/mol. The second kappa shape index (κ2) is 7.29. The van der Waals surface area contributed by atoms with Crippen LogP contribution >= 0.6 is 0 Å². The summed E-state index contributed by atoms with van der Waals surface area (Å²) in [6.07, 6.45) is 0. The van der Waals surface area contributed by atoms with Gasteiger partial charge in [0.05, 0.1) is 11.2 Å². The summed E-state index contributed by atoms with van der Waals surface area (Å²) in [4.78, 5) is 8.98. The number of para-hydroxylation sites is 2. The third-order valence-electron chi connectivity index (χ3n) is 4.14. The van der Waals surface area contributed by atoms with Gasteiger partial charge in [-0.25, -0.2) is 9.37 Å². The van der Waals surface area contributed by atoms with E-state index in [1.54, 1.807) is 6.07 Å². The van der Waals surface area contributed by atoms with Gasteiger partial charge in [-0.2, -0.15) is 4.98 Å². The maximum absolute atomic E-state index is 13.6. The molecule has 3 aromatic carbocycles. The molecule has 6 heteroatoms. The average molecular weight is 360 g/mol. The third kappa shape index (κ3) is 3.64. The topological polar surface area (TPSA) is 70.1 Å². The van der Waals surface area contributed by atoms with Crippen molar-refractivity contribution in [3.05, 3.63) is 84.2 Å². The molecular formula is C21H17FN4O. The number of hydrogen-bond donors (Lipinski definition) is 3. The molecule has 0 unspecified atom stereocenters. The van der Waals surface area contributed by atoms with Crippen molar-refractivity contribution in [2.45, 2.75) is 6.54 Å². The maximum Gasteiger partial charge on any atom is 0.229 e. The van der Waals surface area contributed by atoms with Crippen molar-refractivity contribution in [2.24, 2.45) is 0 Å². The van der Waals surface area contributed by atoms with Crippen molar-refractivity contribution >= 4 is 28.4 Å². The fourth-order valence-electron chi connectivity index (χ4n) is 2.79. The van der Waals surface area contributed by atoms with Crippen LogP contribution in [0.15, 0.2) is 72.8 Å². The molecule has 4 aromatic rings. The predicted octanol–water partition coefficient (Wildman–Crippen LogP) is 4.83. The molecule has 4 rings (SSSR count). The van der Waals surface area contributed by atoms with Crippen molar-refractivity contribution in [2.75, 3.05) is 10.6 Å². The van der Waals surface area contributed by atoms with Crippen LogP contribution in [0.4, 0.5) is 21.8 Å². The largest absolute Gasteiger partial charge is 0.503 e. The zero-order valence-corrected chi connectivity index (χ0v) is 14.4. The van der Waals surface area contributed by atoms with Crippen molar-refractivity contribution in [1.29, 1.82) is 0 Å². The van der Waals surface area contributed by atoms with Crippen LogP contribution in [-0.2, 0) is 6.54 Å². The van der Waals surface area contributed by atoms with Gasteiger partial charge in [0.15, 0.2) is 11.6 Å². The van der Waals surface area contributed by atoms with Gasteiger partial charge in [-0.1, -0.05) is 48.5 Å². The second-order valence-corrected chi connectivity index (χ2v) is 6.01. The first-order valence-corrected chi connectivity index (χ1v) is 8.50. The molecule has 134 valence electrons. The Morgan fingerprint density at radius 2 is 1.63 bits per heavy atom. The van der Waals surface area contributed by atoms with Gasteiger partial charge in [0.2, 0.25) is 5.95 Å². The fourth-order valence-corrected chi connectivity index (χ4v) is 2.79. The highest BCUT2D eigenvalue weighted by Gasteiger charge is 2.11. The Morgan fingerprint density at radius 3 is 2.48 bits per heavy atom. The van der Waals surface area contributed by atoms with Gasteiger partial charge in [-0.3, -0.25) is 0 Å². The molecule has 1 aromatic heterocycles. The van der Waals surface area contributed by atoms with Gasteiger partial charge in [-0.05, 0) is 29.8 Å². The minimum Gasteiger partial charge on any atom is -0.503 e. The lowest BCUT2D eigenvalue weighted by Gasteiger charge is -2.12. The summed E-state index contributed by atoms with van der Waals surface area (Å²) in [7, 11) is 0. The van der Waals surface area contributed by atoms with E-state index in [2.05, 4.69) is 20.6 Å². The highest BCUT2D eigenvalue weighted by molar-refractivity contribution is 5.90. The molecule has 0 spiro atoms. The first-order chi connectivity index (χ1) is 13.2. The van der Waals surface area contributed by atoms with Gasteiger partial charge in [-0.15, -0.1) is 0 Å². The number of rotatable bonds is 5. The Morgan fingerprint density at radius 1 is 0.852 bits per heavy atom. The number of aromatic hydroxyl groups is 1. The Bertz CT molecular complexity index is 1090. The second-order valence-electron chi connectivity index (χ2n) is 6.01. The molecule has 1 heterocycles. The van der Waals surface area contributed by atoms with Crippen LogP contribution in [-0.4, -0.2) is 15.1 Å². The van der Waals surface area contributed by atoms with E-state index >= 15 is 0 Å². The molecule has 0 atom stereocenters. The number of anilines is 3. The fraction of sp³-hybridized carbons (Fsp3) is 0.0476. The minimum atomic E-state index is -0.705. The molecule has 0 aliphatic heterocycles. The molecule has 3 N–H and O–H groups in total. The highest BCUT2D eigenvalue weighted by atomic mass is 19.1. The number of fused-ring (bicyclic) bond motifs is 1. The predicted molar refractivity (Wildman–Crippen MR) is 105 cm³/mol. The lowest BCUT2D eigenvalue weighted by molar-refractivity contribution is 0.435. The van der Waals surface area contributed by atoms with Crippen LogP contribution in [0.3, 0.4) is 0 Å². The van der Waals surface area contributed by atoms with Crippen molar-refractivity contribution in [1.82, 2.24) is 9.97 Å². The minimum absolute atomic E-state index is 0.208. The molecule has 27 heavy (non-hydrogen) atoms. The zero-order chi connectivity index (χ0) is 18.6. The van der Waals surface area contributed by atoms with Gasteiger partial charge in [0, 0.05) is 11.9 Å². The number of aromatic nitrogens is 2. The van der Waals surface area contributed by atoms with E-state index < -0.39 is 11.6 Å². The van der Waals surface area contributed by atoms with Crippen LogP contribution in [0, 0.1) is 5.82 Å². The van der Waals surface area contributed by atoms with E-state index in [0.717, 1.165) is 16.5 Å². The van der Waals surface area contributed by atoms with Crippen LogP contribution in [0.1, 0.15) is 5.56 Å². The lowest BCUT2D eigenvalue weighted by atomic mass is 10.2. The van der Waals surface area contributed by atoms with Crippen molar-refractivity contribution in [3.63, 3.8) is 0 Å². The van der Waals surface area contributed by atoms with Gasteiger partial charge in [0.25, 0.3) is 0 Å². The number of phenolic OH excluding ortho intramolecular Hbond substituents is 1. The van der Waals surface area contributed by atoms with Crippen LogP contribution < -0.4 is 10.6 Å². The quantitative estimate of drug-likeness (QED) is 0.445. The summed E-state index contributed by atoms with van der Waals surface area (Å²) < 4.78 is 13.6. The number of hydrogen-bond acceptors (Lipinski definition) is 5. The van der Waals surface area contributed by atoms with E-state index in [0.29, 0.717) is 12.4 Å². The third-order valence-corrected chi connectivity index (χ3v) is 4.14. The summed E-state index contributed by atoms with van der Waals surface area (Å²) >= 11 is 0. The van der Waals surface area contributed by atoms with Crippen LogP contribution in [0.5, 0.6) is 5.75 Å². The van der Waals surface area contributed by atoms with Gasteiger partial charge in [0.1, 0.15) is 5.82 Å². The number of nitrogens with one attached hydrogen (secondary N) is 2. The first-order valence-electron chi connectivity index (χ1n) is 8.50. The Hall–Kier alpha value is -3.67. The summed E-state index contributed by atoms with van der Waals surface area (Å²) in [5, 5.41) is 17.0. The number of benzene rings is 3. The Labute approximate surface area is 155 Å². The summed E-state index contributed by atoms with van der Waals surface area (Å²) in [6, 6.07) is 21.9. The van der Waals surface area contributed by atoms with Gasteiger partial charge < -0.3 is 15.7 Å². The summed E-state index contributed by atoms with van der Waals surface area (Å²) in [6.45, 7) is 0.604. The van der Waals surface area contributed by atoms with Gasteiger partial charge >= 0.3 is 0 Å². The number of nitrogens with zero attached hydrogens (tertiary/aromatic N) is 2.